The zero-order chi connectivity index (χ0) is 16.4. The first-order valence-corrected chi connectivity index (χ1v) is 8.16. The Morgan fingerprint density at radius 1 is 1.17 bits per heavy atom. The Labute approximate surface area is 161 Å². The first-order chi connectivity index (χ1) is 11.0. The summed E-state index contributed by atoms with van der Waals surface area (Å²) in [5, 5.41) is 0.820. The van der Waals surface area contributed by atoms with E-state index < -0.39 is 10.0 Å². The standard InChI is InChI=1S/C15H14N4O3S.Na/c1-22-13-8-11(16)6-7-14(13)23(20,21)19-15-17-9-10-4-2-3-5-12(10)18-15;/h2-9H,16H2,1H3,(H,17,18,19);. The Morgan fingerprint density at radius 3 is 2.67 bits per heavy atom. The fourth-order valence-electron chi connectivity index (χ4n) is 2.10. The largest absolute Gasteiger partial charge is 0.495 e. The molecule has 9 heteroatoms. The summed E-state index contributed by atoms with van der Waals surface area (Å²) < 4.78 is 32.5. The predicted octanol–water partition coefficient (Wildman–Crippen LogP) is 1.64. The van der Waals surface area contributed by atoms with Crippen molar-refractivity contribution < 1.29 is 13.2 Å². The van der Waals surface area contributed by atoms with Crippen LogP contribution in [-0.2, 0) is 10.0 Å². The molecule has 0 saturated heterocycles. The van der Waals surface area contributed by atoms with E-state index in [0.717, 1.165) is 5.39 Å². The van der Waals surface area contributed by atoms with Crippen molar-refractivity contribution in [3.63, 3.8) is 0 Å². The number of nitrogens with zero attached hydrogens (tertiary/aromatic N) is 2. The second-order valence-electron chi connectivity index (χ2n) is 4.77. The first-order valence-electron chi connectivity index (χ1n) is 6.68. The number of benzene rings is 2. The van der Waals surface area contributed by atoms with Gasteiger partial charge in [-0.15, -0.1) is 0 Å². The van der Waals surface area contributed by atoms with E-state index in [2.05, 4.69) is 14.7 Å². The molecule has 1 radical (unpaired) electrons. The van der Waals surface area contributed by atoms with Gasteiger partial charge in [0.25, 0.3) is 10.0 Å². The number of sulfonamides is 1. The van der Waals surface area contributed by atoms with Crippen LogP contribution in [0.5, 0.6) is 5.75 Å². The van der Waals surface area contributed by atoms with Crippen molar-refractivity contribution in [1.29, 1.82) is 0 Å². The first kappa shape index (κ1) is 18.5. The van der Waals surface area contributed by atoms with Crippen LogP contribution in [0.1, 0.15) is 0 Å². The molecule has 0 bridgehead atoms. The minimum Gasteiger partial charge on any atom is -0.495 e. The molecular weight excluding hydrogens is 339 g/mol. The fourth-order valence-corrected chi connectivity index (χ4v) is 3.21. The molecule has 0 saturated carbocycles. The van der Waals surface area contributed by atoms with E-state index in [0.29, 0.717) is 11.2 Å². The topological polar surface area (TPSA) is 107 Å². The van der Waals surface area contributed by atoms with E-state index in [1.807, 2.05) is 18.2 Å². The van der Waals surface area contributed by atoms with E-state index in [1.54, 1.807) is 12.3 Å². The molecule has 1 aromatic heterocycles. The second kappa shape index (κ2) is 7.35. The van der Waals surface area contributed by atoms with Gasteiger partial charge in [0.2, 0.25) is 5.95 Å². The van der Waals surface area contributed by atoms with E-state index in [4.69, 9.17) is 10.5 Å². The Morgan fingerprint density at radius 2 is 1.92 bits per heavy atom. The minimum atomic E-state index is -3.90. The van der Waals surface area contributed by atoms with Gasteiger partial charge >= 0.3 is 0 Å². The number of aromatic nitrogens is 2. The number of nitrogens with two attached hydrogens (primary N) is 1. The molecule has 0 unspecified atom stereocenters. The van der Waals surface area contributed by atoms with E-state index in [1.165, 1.54) is 25.3 Å². The van der Waals surface area contributed by atoms with Crippen molar-refractivity contribution in [3.8, 4) is 5.75 Å². The third kappa shape index (κ3) is 3.78. The molecule has 1 heterocycles. The number of nitrogens with one attached hydrogen (secondary N) is 1. The quantitative estimate of drug-likeness (QED) is 0.545. The molecule has 24 heavy (non-hydrogen) atoms. The third-order valence-corrected chi connectivity index (χ3v) is 4.56. The maximum absolute atomic E-state index is 12.5. The molecule has 0 aliphatic rings. The number of rotatable bonds is 4. The van der Waals surface area contributed by atoms with Gasteiger partial charge in [-0.3, -0.25) is 0 Å². The summed E-state index contributed by atoms with van der Waals surface area (Å²) >= 11 is 0. The van der Waals surface area contributed by atoms with Gasteiger partial charge < -0.3 is 10.5 Å². The Kier molecular flexibility index (Phi) is 5.66. The van der Waals surface area contributed by atoms with Gasteiger partial charge in [0.1, 0.15) is 10.6 Å². The normalized spacial score (nSPS) is 10.9. The molecule has 0 aliphatic carbocycles. The molecule has 3 aromatic rings. The van der Waals surface area contributed by atoms with Crippen LogP contribution in [0.3, 0.4) is 0 Å². The molecule has 3 N–H and O–H groups in total. The Bertz CT molecular complexity index is 979. The average Bonchev–Trinajstić information content (AvgIpc) is 2.54. The van der Waals surface area contributed by atoms with Crippen molar-refractivity contribution in [2.24, 2.45) is 0 Å². The van der Waals surface area contributed by atoms with E-state index >= 15 is 0 Å². The van der Waals surface area contributed by atoms with Gasteiger partial charge in [-0.1, -0.05) is 18.2 Å². The summed E-state index contributed by atoms with van der Waals surface area (Å²) in [6, 6.07) is 11.6. The van der Waals surface area contributed by atoms with Gasteiger partial charge in [0.15, 0.2) is 0 Å². The molecule has 0 atom stereocenters. The molecule has 7 nitrogen and oxygen atoms in total. The summed E-state index contributed by atoms with van der Waals surface area (Å²) in [5.41, 5.74) is 6.69. The zero-order valence-electron chi connectivity index (χ0n) is 13.2. The minimum absolute atomic E-state index is 0. The third-order valence-electron chi connectivity index (χ3n) is 3.19. The molecule has 0 aliphatic heterocycles. The summed E-state index contributed by atoms with van der Waals surface area (Å²) in [7, 11) is -2.52. The van der Waals surface area contributed by atoms with Crippen molar-refractivity contribution in [3.05, 3.63) is 48.7 Å². The van der Waals surface area contributed by atoms with Gasteiger partial charge in [-0.25, -0.2) is 23.1 Å². The van der Waals surface area contributed by atoms with Gasteiger partial charge in [-0.2, -0.15) is 0 Å². The van der Waals surface area contributed by atoms with E-state index in [9.17, 15) is 8.42 Å². The number of ether oxygens (including phenoxy) is 1. The van der Waals surface area contributed by atoms with Crippen LogP contribution in [0.25, 0.3) is 10.9 Å². The summed E-state index contributed by atoms with van der Waals surface area (Å²) in [6.45, 7) is 0. The van der Waals surface area contributed by atoms with Crippen LogP contribution in [0, 0.1) is 0 Å². The molecule has 0 spiro atoms. The monoisotopic (exact) mass is 353 g/mol. The predicted molar refractivity (Wildman–Crippen MR) is 93.5 cm³/mol. The van der Waals surface area contributed by atoms with Crippen molar-refractivity contribution in [2.75, 3.05) is 17.6 Å². The van der Waals surface area contributed by atoms with E-state index in [-0.39, 0.29) is 46.2 Å². The fraction of sp³-hybridized carbons (Fsp3) is 0.0667. The number of anilines is 2. The maximum atomic E-state index is 12.5. The molecular formula is C15H14N4NaO3S. The Hall–Kier alpha value is -1.87. The molecule has 3 rings (SSSR count). The number of hydrogen-bond donors (Lipinski definition) is 2. The van der Waals surface area contributed by atoms with Crippen LogP contribution in [0.4, 0.5) is 11.6 Å². The van der Waals surface area contributed by atoms with Crippen LogP contribution in [0.2, 0.25) is 0 Å². The van der Waals surface area contributed by atoms with Crippen molar-refractivity contribution in [1.82, 2.24) is 9.97 Å². The molecule has 2 aromatic carbocycles. The maximum Gasteiger partial charge on any atom is 0.267 e. The van der Waals surface area contributed by atoms with Crippen molar-refractivity contribution in [2.45, 2.75) is 4.90 Å². The van der Waals surface area contributed by atoms with Gasteiger partial charge in [-0.05, 0) is 18.2 Å². The number of nitrogen functional groups attached to an aromatic ring is 1. The number of methoxy groups -OCH3 is 1. The molecule has 0 fully saturated rings. The smallest absolute Gasteiger partial charge is 0.267 e. The van der Waals surface area contributed by atoms with Gasteiger partial charge in [0, 0.05) is 52.9 Å². The second-order valence-corrected chi connectivity index (χ2v) is 6.42. The molecule has 0 amide bonds. The summed E-state index contributed by atoms with van der Waals surface area (Å²) in [6.07, 6.45) is 1.56. The Balaban J connectivity index is 0.00000208. The van der Waals surface area contributed by atoms with Crippen LogP contribution in [-0.4, -0.2) is 55.1 Å². The average molecular weight is 353 g/mol. The van der Waals surface area contributed by atoms with Crippen LogP contribution >= 0.6 is 0 Å². The van der Waals surface area contributed by atoms with Crippen molar-refractivity contribution >= 4 is 62.1 Å². The van der Waals surface area contributed by atoms with Crippen LogP contribution < -0.4 is 15.2 Å². The SMILES string of the molecule is COc1cc(N)ccc1S(=O)(=O)Nc1ncc2ccccc2n1.[Na]. The zero-order valence-corrected chi connectivity index (χ0v) is 16.0. The summed E-state index contributed by atoms with van der Waals surface area (Å²) in [4.78, 5) is 8.18. The molecule has 119 valence electrons. The van der Waals surface area contributed by atoms with Gasteiger partial charge in [0.05, 0.1) is 12.6 Å². The number of hydrogen-bond acceptors (Lipinski definition) is 6. The number of para-hydroxylation sites is 1. The van der Waals surface area contributed by atoms with Crippen LogP contribution in [0.15, 0.2) is 53.6 Å². The number of fused-ring (bicyclic) bond motifs is 1. The summed E-state index contributed by atoms with van der Waals surface area (Å²) in [5.74, 6) is 0.140.